The minimum atomic E-state index is -0.440. The zero-order chi connectivity index (χ0) is 18.1. The average Bonchev–Trinajstić information content (AvgIpc) is 3.07. The highest BCUT2D eigenvalue weighted by Crippen LogP contribution is 2.15. The van der Waals surface area contributed by atoms with E-state index >= 15 is 0 Å². The van der Waals surface area contributed by atoms with Gasteiger partial charge in [0.15, 0.2) is 0 Å². The molecule has 1 fully saturated rings. The lowest BCUT2D eigenvalue weighted by Crippen LogP contribution is -2.40. The van der Waals surface area contributed by atoms with Crippen molar-refractivity contribution in [2.75, 3.05) is 5.32 Å². The average molecular weight is 346 g/mol. The van der Waals surface area contributed by atoms with Crippen LogP contribution >= 0.6 is 0 Å². The molecule has 3 heterocycles. The number of carbonyl (C=O) groups excluding carboxylic acids is 1. The number of aryl methyl sites for hydroxylation is 1. The van der Waals surface area contributed by atoms with E-state index in [1.165, 1.54) is 17.8 Å². The van der Waals surface area contributed by atoms with Crippen molar-refractivity contribution in [2.45, 2.75) is 38.3 Å². The number of nitrogens with zero attached hydrogens (tertiary/aromatic N) is 3. The SMILES string of the molecule is CCCC1CC(C(=O)Nc2cnc3c(c2)c(=O)n(C)c(=O)n3C)NN1. The summed E-state index contributed by atoms with van der Waals surface area (Å²) in [5.74, 6) is -0.186. The van der Waals surface area contributed by atoms with E-state index in [0.29, 0.717) is 12.1 Å². The fraction of sp³-hybridized carbons (Fsp3) is 0.500. The van der Waals surface area contributed by atoms with Gasteiger partial charge >= 0.3 is 5.69 Å². The van der Waals surface area contributed by atoms with E-state index in [0.717, 1.165) is 17.4 Å². The van der Waals surface area contributed by atoms with E-state index < -0.39 is 11.2 Å². The molecule has 9 heteroatoms. The van der Waals surface area contributed by atoms with Gasteiger partial charge in [0.25, 0.3) is 5.56 Å². The van der Waals surface area contributed by atoms with Crippen LogP contribution in [0.15, 0.2) is 21.9 Å². The summed E-state index contributed by atoms with van der Waals surface area (Å²) in [6.07, 6.45) is 4.20. The Hall–Kier alpha value is -2.52. The molecule has 0 saturated carbocycles. The Kier molecular flexibility index (Phi) is 4.69. The van der Waals surface area contributed by atoms with Crippen LogP contribution in [0.2, 0.25) is 0 Å². The molecule has 0 aromatic carbocycles. The van der Waals surface area contributed by atoms with Crippen molar-refractivity contribution in [1.82, 2.24) is 25.0 Å². The van der Waals surface area contributed by atoms with Gasteiger partial charge in [0.1, 0.15) is 11.7 Å². The Morgan fingerprint density at radius 3 is 2.80 bits per heavy atom. The maximum absolute atomic E-state index is 12.4. The van der Waals surface area contributed by atoms with Crippen LogP contribution < -0.4 is 27.4 Å². The summed E-state index contributed by atoms with van der Waals surface area (Å²) in [7, 11) is 2.97. The molecule has 25 heavy (non-hydrogen) atoms. The van der Waals surface area contributed by atoms with Crippen molar-refractivity contribution in [3.8, 4) is 0 Å². The van der Waals surface area contributed by atoms with Gasteiger partial charge in [0.05, 0.1) is 17.3 Å². The third-order valence-electron chi connectivity index (χ3n) is 4.50. The number of aromatic nitrogens is 3. The van der Waals surface area contributed by atoms with Crippen LogP contribution in [0, 0.1) is 0 Å². The van der Waals surface area contributed by atoms with E-state index in [2.05, 4.69) is 28.1 Å². The Morgan fingerprint density at radius 1 is 1.32 bits per heavy atom. The number of hydrogen-bond donors (Lipinski definition) is 3. The molecule has 1 aliphatic rings. The van der Waals surface area contributed by atoms with Gasteiger partial charge in [-0.05, 0) is 18.9 Å². The lowest BCUT2D eigenvalue weighted by molar-refractivity contribution is -0.117. The maximum atomic E-state index is 12.4. The van der Waals surface area contributed by atoms with Crippen molar-refractivity contribution in [1.29, 1.82) is 0 Å². The van der Waals surface area contributed by atoms with E-state index in [9.17, 15) is 14.4 Å². The van der Waals surface area contributed by atoms with Crippen LogP contribution in [-0.2, 0) is 18.9 Å². The monoisotopic (exact) mass is 346 g/mol. The van der Waals surface area contributed by atoms with Gasteiger partial charge in [-0.3, -0.25) is 24.1 Å². The van der Waals surface area contributed by atoms with Crippen LogP contribution in [-0.4, -0.2) is 32.1 Å². The molecule has 1 aliphatic heterocycles. The van der Waals surface area contributed by atoms with Crippen molar-refractivity contribution in [3.63, 3.8) is 0 Å². The molecule has 2 atom stereocenters. The molecule has 1 saturated heterocycles. The molecule has 3 N–H and O–H groups in total. The normalized spacial score (nSPS) is 20.1. The highest BCUT2D eigenvalue weighted by Gasteiger charge is 2.28. The molecule has 134 valence electrons. The van der Waals surface area contributed by atoms with Crippen LogP contribution in [0.4, 0.5) is 5.69 Å². The summed E-state index contributed by atoms with van der Waals surface area (Å²) in [6.45, 7) is 2.10. The number of fused-ring (bicyclic) bond motifs is 1. The Labute approximate surface area is 144 Å². The van der Waals surface area contributed by atoms with E-state index in [4.69, 9.17) is 0 Å². The number of hydrogen-bond acceptors (Lipinski definition) is 6. The first-order valence-electron chi connectivity index (χ1n) is 8.30. The first kappa shape index (κ1) is 17.3. The van der Waals surface area contributed by atoms with Crippen molar-refractivity contribution < 1.29 is 4.79 Å². The number of nitrogens with one attached hydrogen (secondary N) is 3. The van der Waals surface area contributed by atoms with E-state index in [1.54, 1.807) is 13.1 Å². The fourth-order valence-corrected chi connectivity index (χ4v) is 3.09. The van der Waals surface area contributed by atoms with Gasteiger partial charge in [0, 0.05) is 20.1 Å². The van der Waals surface area contributed by atoms with Crippen LogP contribution in [0.1, 0.15) is 26.2 Å². The number of amides is 1. The highest BCUT2D eigenvalue weighted by atomic mass is 16.2. The summed E-state index contributed by atoms with van der Waals surface area (Å²) in [5, 5.41) is 3.06. The summed E-state index contributed by atoms with van der Waals surface area (Å²) in [6, 6.07) is 1.49. The first-order chi connectivity index (χ1) is 11.9. The predicted molar refractivity (Wildman–Crippen MR) is 94.2 cm³/mol. The molecule has 2 unspecified atom stereocenters. The minimum Gasteiger partial charge on any atom is -0.323 e. The third kappa shape index (κ3) is 3.20. The molecule has 0 bridgehead atoms. The molecule has 2 aromatic heterocycles. The quantitative estimate of drug-likeness (QED) is 0.695. The molecule has 3 rings (SSSR count). The van der Waals surface area contributed by atoms with Gasteiger partial charge in [0.2, 0.25) is 5.91 Å². The van der Waals surface area contributed by atoms with Crippen LogP contribution in [0.3, 0.4) is 0 Å². The molecule has 1 amide bonds. The lowest BCUT2D eigenvalue weighted by atomic mass is 10.1. The molecule has 0 spiro atoms. The number of rotatable bonds is 4. The summed E-state index contributed by atoms with van der Waals surface area (Å²) in [5.41, 5.74) is 5.94. The molecule has 2 aromatic rings. The van der Waals surface area contributed by atoms with Gasteiger partial charge in [-0.15, -0.1) is 0 Å². The lowest BCUT2D eigenvalue weighted by Gasteiger charge is -2.12. The Bertz CT molecular complexity index is 932. The molecule has 0 radical (unpaired) electrons. The Morgan fingerprint density at radius 2 is 2.08 bits per heavy atom. The summed E-state index contributed by atoms with van der Waals surface area (Å²) < 4.78 is 2.33. The first-order valence-corrected chi connectivity index (χ1v) is 8.30. The molecule has 0 aliphatic carbocycles. The summed E-state index contributed by atoms with van der Waals surface area (Å²) >= 11 is 0. The summed E-state index contributed by atoms with van der Waals surface area (Å²) in [4.78, 5) is 40.8. The standard InChI is InChI=1S/C16H22N6O3/c1-4-5-9-7-12(20-19-9)14(23)18-10-6-11-13(17-8-10)21(2)16(25)22(3)15(11)24/h6,8-9,12,19-20H,4-5,7H2,1-3H3,(H,18,23). The molecular formula is C16H22N6O3. The van der Waals surface area contributed by atoms with Gasteiger partial charge in [-0.1, -0.05) is 13.3 Å². The van der Waals surface area contributed by atoms with Gasteiger partial charge in [-0.25, -0.2) is 15.2 Å². The second-order valence-corrected chi connectivity index (χ2v) is 6.35. The smallest absolute Gasteiger partial charge is 0.323 e. The van der Waals surface area contributed by atoms with Crippen LogP contribution in [0.25, 0.3) is 11.0 Å². The molecule has 9 nitrogen and oxygen atoms in total. The minimum absolute atomic E-state index is 0.186. The third-order valence-corrected chi connectivity index (χ3v) is 4.50. The second kappa shape index (κ2) is 6.77. The van der Waals surface area contributed by atoms with E-state index in [1.807, 2.05) is 0 Å². The van der Waals surface area contributed by atoms with Crippen molar-refractivity contribution in [2.24, 2.45) is 14.1 Å². The van der Waals surface area contributed by atoms with Crippen LogP contribution in [0.5, 0.6) is 0 Å². The topological polar surface area (TPSA) is 110 Å². The predicted octanol–water partition coefficient (Wildman–Crippen LogP) is -0.394. The highest BCUT2D eigenvalue weighted by molar-refractivity contribution is 5.96. The van der Waals surface area contributed by atoms with Gasteiger partial charge in [-0.2, -0.15) is 0 Å². The zero-order valence-electron chi connectivity index (χ0n) is 14.5. The van der Waals surface area contributed by atoms with Crippen molar-refractivity contribution in [3.05, 3.63) is 33.1 Å². The molecular weight excluding hydrogens is 324 g/mol. The van der Waals surface area contributed by atoms with Gasteiger partial charge < -0.3 is 5.32 Å². The number of pyridine rings is 1. The maximum Gasteiger partial charge on any atom is 0.332 e. The van der Waals surface area contributed by atoms with Crippen molar-refractivity contribution >= 4 is 22.6 Å². The zero-order valence-corrected chi connectivity index (χ0v) is 14.5. The van der Waals surface area contributed by atoms with E-state index in [-0.39, 0.29) is 29.0 Å². The Balaban J connectivity index is 1.84. The number of carbonyl (C=O) groups is 1. The largest absolute Gasteiger partial charge is 0.332 e. The fourth-order valence-electron chi connectivity index (χ4n) is 3.09. The second-order valence-electron chi connectivity index (χ2n) is 6.35. The number of hydrazine groups is 1. The number of anilines is 1.